The Morgan fingerprint density at radius 3 is 2.71 bits per heavy atom. The molecule has 0 radical (unpaired) electrons. The molecule has 0 unspecified atom stereocenters. The topological polar surface area (TPSA) is 46.7 Å². The second-order valence-electron chi connectivity index (χ2n) is 3.95. The number of hydrogen-bond acceptors (Lipinski definition) is 3. The zero-order valence-electron chi connectivity index (χ0n) is 10.4. The summed E-state index contributed by atoms with van der Waals surface area (Å²) >= 11 is 0. The van der Waals surface area contributed by atoms with E-state index in [9.17, 15) is 4.79 Å². The van der Waals surface area contributed by atoms with E-state index in [0.717, 1.165) is 5.70 Å². The third-order valence-electron chi connectivity index (χ3n) is 2.33. The maximum atomic E-state index is 11.5. The summed E-state index contributed by atoms with van der Waals surface area (Å²) in [5.41, 5.74) is 0.702. The van der Waals surface area contributed by atoms with Gasteiger partial charge in [0.15, 0.2) is 0 Å². The van der Waals surface area contributed by atoms with Crippen LogP contribution in [0.5, 0.6) is 0 Å². The van der Waals surface area contributed by atoms with Gasteiger partial charge in [0.1, 0.15) is 5.84 Å². The lowest BCUT2D eigenvalue weighted by Gasteiger charge is -2.04. The quantitative estimate of drug-likeness (QED) is 0.581. The molecule has 0 bridgehead atoms. The Hall–Kier alpha value is -1.97. The van der Waals surface area contributed by atoms with Gasteiger partial charge in [-0.15, -0.1) is 0 Å². The van der Waals surface area contributed by atoms with Crippen LogP contribution in [0.25, 0.3) is 0 Å². The van der Waals surface area contributed by atoms with Crippen LogP contribution in [0.4, 0.5) is 0 Å². The standard InChI is InChI=1S/C13H17N3O/c1-10(2)12(14-4)9-15-11(3)16-8-6-5-7-13(16)17/h5-10H,4H2,1-3H3/b12-9-,15-11+. The van der Waals surface area contributed by atoms with Gasteiger partial charge in [-0.2, -0.15) is 0 Å². The summed E-state index contributed by atoms with van der Waals surface area (Å²) in [4.78, 5) is 19.7. The minimum Gasteiger partial charge on any atom is -0.272 e. The van der Waals surface area contributed by atoms with E-state index in [2.05, 4.69) is 16.7 Å². The molecule has 0 fully saturated rings. The Kier molecular flexibility index (Phi) is 4.57. The van der Waals surface area contributed by atoms with E-state index < -0.39 is 0 Å². The van der Waals surface area contributed by atoms with E-state index in [4.69, 9.17) is 0 Å². The Bertz CT molecular complexity index is 509. The second-order valence-corrected chi connectivity index (χ2v) is 3.95. The van der Waals surface area contributed by atoms with Gasteiger partial charge in [-0.3, -0.25) is 14.4 Å². The van der Waals surface area contributed by atoms with Crippen LogP contribution in [-0.4, -0.2) is 17.1 Å². The van der Waals surface area contributed by atoms with Crippen molar-refractivity contribution in [1.29, 1.82) is 0 Å². The molecule has 1 aromatic heterocycles. The largest absolute Gasteiger partial charge is 0.272 e. The monoisotopic (exact) mass is 231 g/mol. The molecule has 0 N–H and O–H groups in total. The first-order valence-electron chi connectivity index (χ1n) is 5.45. The molecular weight excluding hydrogens is 214 g/mol. The van der Waals surface area contributed by atoms with Crippen molar-refractivity contribution in [3.8, 4) is 0 Å². The minimum absolute atomic E-state index is 0.0974. The van der Waals surface area contributed by atoms with Crippen LogP contribution >= 0.6 is 0 Å². The van der Waals surface area contributed by atoms with Crippen LogP contribution in [0.2, 0.25) is 0 Å². The molecule has 0 aliphatic heterocycles. The third-order valence-corrected chi connectivity index (χ3v) is 2.33. The molecule has 0 saturated heterocycles. The molecule has 4 nitrogen and oxygen atoms in total. The van der Waals surface area contributed by atoms with Crippen molar-refractivity contribution in [3.63, 3.8) is 0 Å². The fourth-order valence-electron chi connectivity index (χ4n) is 1.29. The molecule has 0 atom stereocenters. The van der Waals surface area contributed by atoms with Gasteiger partial charge < -0.3 is 0 Å². The van der Waals surface area contributed by atoms with Crippen molar-refractivity contribution in [2.75, 3.05) is 0 Å². The van der Waals surface area contributed by atoms with Gasteiger partial charge in [-0.1, -0.05) is 19.9 Å². The highest BCUT2D eigenvalue weighted by Gasteiger charge is 2.00. The number of hydrogen-bond donors (Lipinski definition) is 0. The smallest absolute Gasteiger partial charge is 0.255 e. The predicted octanol–water partition coefficient (Wildman–Crippen LogP) is 2.31. The molecule has 0 aliphatic rings. The summed E-state index contributed by atoms with van der Waals surface area (Å²) in [6.45, 7) is 9.30. The average Bonchev–Trinajstić information content (AvgIpc) is 2.29. The minimum atomic E-state index is -0.0974. The zero-order valence-corrected chi connectivity index (χ0v) is 10.4. The Balaban J connectivity index is 3.06. The normalized spacial score (nSPS) is 12.9. The number of allylic oxidation sites excluding steroid dienone is 1. The van der Waals surface area contributed by atoms with Gasteiger partial charge in [0, 0.05) is 12.3 Å². The predicted molar refractivity (Wildman–Crippen MR) is 71.7 cm³/mol. The Labute approximate surface area is 101 Å². The first kappa shape index (κ1) is 13.1. The van der Waals surface area contributed by atoms with Gasteiger partial charge in [0.25, 0.3) is 5.56 Å². The Morgan fingerprint density at radius 2 is 2.18 bits per heavy atom. The third kappa shape index (κ3) is 3.52. The van der Waals surface area contributed by atoms with Crippen LogP contribution in [0.1, 0.15) is 20.8 Å². The highest BCUT2D eigenvalue weighted by atomic mass is 16.1. The van der Waals surface area contributed by atoms with Gasteiger partial charge in [-0.05, 0) is 25.6 Å². The van der Waals surface area contributed by atoms with Crippen LogP contribution in [0.3, 0.4) is 0 Å². The zero-order chi connectivity index (χ0) is 12.8. The molecule has 1 rings (SSSR count). The fourth-order valence-corrected chi connectivity index (χ4v) is 1.29. The van der Waals surface area contributed by atoms with Crippen molar-refractivity contribution in [3.05, 3.63) is 46.6 Å². The first-order valence-corrected chi connectivity index (χ1v) is 5.45. The van der Waals surface area contributed by atoms with Gasteiger partial charge in [0.05, 0.1) is 11.9 Å². The van der Waals surface area contributed by atoms with Crippen LogP contribution in [0, 0.1) is 5.92 Å². The summed E-state index contributed by atoms with van der Waals surface area (Å²) in [5.74, 6) is 0.869. The second kappa shape index (κ2) is 5.94. The van der Waals surface area contributed by atoms with Gasteiger partial charge in [-0.25, -0.2) is 4.99 Å². The summed E-state index contributed by atoms with van der Waals surface area (Å²) in [7, 11) is 0. The van der Waals surface area contributed by atoms with Crippen LogP contribution < -0.4 is 5.56 Å². The summed E-state index contributed by atoms with van der Waals surface area (Å²) < 4.78 is 1.48. The molecule has 0 aromatic carbocycles. The highest BCUT2D eigenvalue weighted by molar-refractivity contribution is 5.82. The molecule has 0 aliphatic carbocycles. The summed E-state index contributed by atoms with van der Waals surface area (Å²) in [6, 6.07) is 4.99. The number of rotatable bonds is 3. The Morgan fingerprint density at radius 1 is 1.47 bits per heavy atom. The molecule has 17 heavy (non-hydrogen) atoms. The number of nitrogens with zero attached hydrogens (tertiary/aromatic N) is 3. The lowest BCUT2D eigenvalue weighted by molar-refractivity contribution is 0.756. The highest BCUT2D eigenvalue weighted by Crippen LogP contribution is 2.09. The van der Waals surface area contributed by atoms with E-state index in [1.54, 1.807) is 31.5 Å². The molecule has 1 heterocycles. The molecule has 1 aromatic rings. The SMILES string of the molecule is C=N/C(=C\N=C(/C)n1ccccc1=O)C(C)C. The molecule has 90 valence electrons. The van der Waals surface area contributed by atoms with Crippen molar-refractivity contribution < 1.29 is 0 Å². The molecule has 0 spiro atoms. The van der Waals surface area contributed by atoms with E-state index in [-0.39, 0.29) is 11.5 Å². The van der Waals surface area contributed by atoms with E-state index in [1.807, 2.05) is 13.8 Å². The molecule has 4 heteroatoms. The summed E-state index contributed by atoms with van der Waals surface area (Å²) in [6.07, 6.45) is 3.33. The van der Waals surface area contributed by atoms with E-state index in [1.165, 1.54) is 10.6 Å². The number of pyridine rings is 1. The number of aromatic nitrogens is 1. The van der Waals surface area contributed by atoms with Gasteiger partial charge >= 0.3 is 0 Å². The van der Waals surface area contributed by atoms with Gasteiger partial charge in [0.2, 0.25) is 0 Å². The van der Waals surface area contributed by atoms with Crippen molar-refractivity contribution in [1.82, 2.24) is 4.57 Å². The lowest BCUT2D eigenvalue weighted by atomic mass is 10.1. The van der Waals surface area contributed by atoms with Crippen molar-refractivity contribution in [2.45, 2.75) is 20.8 Å². The van der Waals surface area contributed by atoms with Crippen molar-refractivity contribution in [2.24, 2.45) is 15.9 Å². The van der Waals surface area contributed by atoms with Crippen molar-refractivity contribution >= 4 is 12.6 Å². The van der Waals surface area contributed by atoms with Crippen LogP contribution in [-0.2, 0) is 0 Å². The molecule has 0 amide bonds. The number of aliphatic imine (C=N–C) groups is 2. The fraction of sp³-hybridized carbons (Fsp3) is 0.308. The molecular formula is C13H17N3O. The average molecular weight is 231 g/mol. The summed E-state index contributed by atoms with van der Waals surface area (Å²) in [5, 5.41) is 0. The molecule has 0 saturated carbocycles. The maximum absolute atomic E-state index is 11.5. The van der Waals surface area contributed by atoms with E-state index >= 15 is 0 Å². The first-order chi connectivity index (χ1) is 8.06. The van der Waals surface area contributed by atoms with Crippen LogP contribution in [0.15, 0.2) is 51.1 Å². The lowest BCUT2D eigenvalue weighted by Crippen LogP contribution is -2.23. The maximum Gasteiger partial charge on any atom is 0.255 e. The van der Waals surface area contributed by atoms with E-state index in [0.29, 0.717) is 5.84 Å².